The van der Waals surface area contributed by atoms with Crippen LogP contribution in [0.4, 0.5) is 4.39 Å². The Morgan fingerprint density at radius 1 is 1.38 bits per heavy atom. The number of rotatable bonds is 2. The topological polar surface area (TPSA) is 20.2 Å². The van der Waals surface area contributed by atoms with Crippen molar-refractivity contribution < 1.29 is 9.50 Å². The molecule has 84 valence electrons. The van der Waals surface area contributed by atoms with E-state index >= 15 is 0 Å². The molecule has 2 rings (SSSR count). The quantitative estimate of drug-likeness (QED) is 0.727. The second kappa shape index (κ2) is 5.12. The highest BCUT2D eigenvalue weighted by atomic mass is 127. The van der Waals surface area contributed by atoms with Gasteiger partial charge in [-0.05, 0) is 57.8 Å². The molecule has 0 saturated heterocycles. The van der Waals surface area contributed by atoms with Crippen molar-refractivity contribution in [1.82, 2.24) is 0 Å². The lowest BCUT2D eigenvalue weighted by Crippen LogP contribution is -2.01. The molecule has 0 bridgehead atoms. The van der Waals surface area contributed by atoms with E-state index in [0.717, 1.165) is 12.9 Å². The first-order valence-corrected chi connectivity index (χ1v) is 7.20. The molecule has 1 aromatic carbocycles. The van der Waals surface area contributed by atoms with Crippen LogP contribution in [0, 0.1) is 8.70 Å². The van der Waals surface area contributed by atoms with Gasteiger partial charge in [0.25, 0.3) is 0 Å². The molecule has 0 spiro atoms. The van der Waals surface area contributed by atoms with E-state index < -0.39 is 11.9 Å². The van der Waals surface area contributed by atoms with Crippen LogP contribution in [0.3, 0.4) is 0 Å². The monoisotopic (exact) mass is 412 g/mol. The van der Waals surface area contributed by atoms with Crippen molar-refractivity contribution in [3.05, 3.63) is 53.9 Å². The first kappa shape index (κ1) is 12.5. The Morgan fingerprint density at radius 3 is 2.75 bits per heavy atom. The van der Waals surface area contributed by atoms with Gasteiger partial charge in [0.2, 0.25) is 0 Å². The average molecular weight is 413 g/mol. The van der Waals surface area contributed by atoms with E-state index in [1.165, 1.54) is 17.4 Å². The fourth-order valence-corrected chi connectivity index (χ4v) is 3.14. The van der Waals surface area contributed by atoms with E-state index in [0.29, 0.717) is 5.56 Å². The van der Waals surface area contributed by atoms with Crippen LogP contribution in [-0.4, -0.2) is 5.11 Å². The van der Waals surface area contributed by atoms with Gasteiger partial charge in [0.1, 0.15) is 11.9 Å². The summed E-state index contributed by atoms with van der Waals surface area (Å²) in [4.78, 5) is 0. The van der Waals surface area contributed by atoms with Gasteiger partial charge in [-0.15, -0.1) is 11.3 Å². The number of benzene rings is 1. The summed E-state index contributed by atoms with van der Waals surface area (Å²) in [6, 6.07) is 6.42. The maximum Gasteiger partial charge on any atom is 0.129 e. The van der Waals surface area contributed by atoms with E-state index in [2.05, 4.69) is 38.5 Å². The molecular formula is C11H7BrFIOS. The zero-order valence-corrected chi connectivity index (χ0v) is 12.5. The molecular weight excluding hydrogens is 406 g/mol. The standard InChI is InChI=1S/C11H7BrFIOS/c12-7-1-2-9(13)8(4-7)11(15)6-3-10(14)16-5-6/h1-5,11,15H. The molecule has 0 aliphatic heterocycles. The van der Waals surface area contributed by atoms with Crippen LogP contribution < -0.4 is 0 Å². The van der Waals surface area contributed by atoms with Crippen molar-refractivity contribution in [3.8, 4) is 0 Å². The Hall–Kier alpha value is 0.0200. The molecule has 1 atom stereocenters. The van der Waals surface area contributed by atoms with Crippen molar-refractivity contribution in [2.75, 3.05) is 0 Å². The normalized spacial score (nSPS) is 12.8. The van der Waals surface area contributed by atoms with Gasteiger partial charge in [-0.3, -0.25) is 0 Å². The van der Waals surface area contributed by atoms with E-state index in [1.54, 1.807) is 12.1 Å². The SMILES string of the molecule is OC(c1csc(I)c1)c1cc(Br)ccc1F. The predicted octanol–water partition coefficient (Wildman–Crippen LogP) is 4.34. The third-order valence-corrected chi connectivity index (χ3v) is 4.46. The van der Waals surface area contributed by atoms with Crippen molar-refractivity contribution >= 4 is 49.9 Å². The van der Waals surface area contributed by atoms with Crippen LogP contribution in [-0.2, 0) is 0 Å². The van der Waals surface area contributed by atoms with Crippen molar-refractivity contribution in [3.63, 3.8) is 0 Å². The van der Waals surface area contributed by atoms with E-state index in [4.69, 9.17) is 0 Å². The van der Waals surface area contributed by atoms with Gasteiger partial charge in [-0.1, -0.05) is 15.9 Å². The van der Waals surface area contributed by atoms with Crippen LogP contribution in [0.15, 0.2) is 34.1 Å². The first-order chi connectivity index (χ1) is 7.58. The molecule has 0 radical (unpaired) electrons. The number of thiophene rings is 1. The van der Waals surface area contributed by atoms with Gasteiger partial charge in [-0.2, -0.15) is 0 Å². The summed E-state index contributed by atoms with van der Waals surface area (Å²) in [6.07, 6.45) is -0.905. The first-order valence-electron chi connectivity index (χ1n) is 4.45. The van der Waals surface area contributed by atoms with Crippen molar-refractivity contribution in [2.24, 2.45) is 0 Å². The fraction of sp³-hybridized carbons (Fsp3) is 0.0909. The van der Waals surface area contributed by atoms with Gasteiger partial charge in [0.05, 0.1) is 2.88 Å². The summed E-state index contributed by atoms with van der Waals surface area (Å²) >= 11 is 6.97. The maximum absolute atomic E-state index is 13.5. The lowest BCUT2D eigenvalue weighted by molar-refractivity contribution is 0.215. The predicted molar refractivity (Wildman–Crippen MR) is 75.2 cm³/mol. The van der Waals surface area contributed by atoms with Gasteiger partial charge < -0.3 is 5.11 Å². The lowest BCUT2D eigenvalue weighted by atomic mass is 10.0. The molecule has 0 saturated carbocycles. The lowest BCUT2D eigenvalue weighted by Gasteiger charge is -2.10. The van der Waals surface area contributed by atoms with Crippen LogP contribution >= 0.6 is 49.9 Å². The molecule has 16 heavy (non-hydrogen) atoms. The van der Waals surface area contributed by atoms with E-state index in [-0.39, 0.29) is 0 Å². The smallest absolute Gasteiger partial charge is 0.129 e. The minimum atomic E-state index is -0.905. The van der Waals surface area contributed by atoms with Gasteiger partial charge in [0, 0.05) is 10.0 Å². The fourth-order valence-electron chi connectivity index (χ4n) is 1.37. The largest absolute Gasteiger partial charge is 0.384 e. The Balaban J connectivity index is 2.40. The van der Waals surface area contributed by atoms with Gasteiger partial charge >= 0.3 is 0 Å². The molecule has 5 heteroatoms. The van der Waals surface area contributed by atoms with Gasteiger partial charge in [0.15, 0.2) is 0 Å². The van der Waals surface area contributed by atoms with Crippen LogP contribution in [0.5, 0.6) is 0 Å². The third-order valence-electron chi connectivity index (χ3n) is 2.16. The summed E-state index contributed by atoms with van der Waals surface area (Å²) < 4.78 is 15.4. The molecule has 1 aromatic heterocycles. The summed E-state index contributed by atoms with van der Waals surface area (Å²) in [5.74, 6) is -0.392. The van der Waals surface area contributed by atoms with E-state index in [1.807, 2.05) is 11.4 Å². The summed E-state index contributed by atoms with van der Waals surface area (Å²) in [6.45, 7) is 0. The molecule has 0 aliphatic carbocycles. The molecule has 0 amide bonds. The molecule has 1 unspecified atom stereocenters. The van der Waals surface area contributed by atoms with Crippen LogP contribution in [0.2, 0.25) is 0 Å². The molecule has 2 aromatic rings. The molecule has 1 N–H and O–H groups in total. The number of hydrogen-bond donors (Lipinski definition) is 1. The average Bonchev–Trinajstić information content (AvgIpc) is 2.67. The van der Waals surface area contributed by atoms with E-state index in [9.17, 15) is 9.50 Å². The highest BCUT2D eigenvalue weighted by Crippen LogP contribution is 2.30. The second-order valence-electron chi connectivity index (χ2n) is 3.25. The highest BCUT2D eigenvalue weighted by molar-refractivity contribution is 14.1. The molecule has 1 heterocycles. The Bertz CT molecular complexity index is 514. The summed E-state index contributed by atoms with van der Waals surface area (Å²) in [5.41, 5.74) is 1.02. The third kappa shape index (κ3) is 2.64. The second-order valence-corrected chi connectivity index (χ2v) is 6.97. The molecule has 0 fully saturated rings. The Kier molecular flexibility index (Phi) is 3.99. The van der Waals surface area contributed by atoms with Crippen molar-refractivity contribution in [2.45, 2.75) is 6.10 Å². The van der Waals surface area contributed by atoms with Crippen LogP contribution in [0.25, 0.3) is 0 Å². The van der Waals surface area contributed by atoms with Gasteiger partial charge in [-0.25, -0.2) is 4.39 Å². The molecule has 1 nitrogen and oxygen atoms in total. The number of hydrogen-bond acceptors (Lipinski definition) is 2. The highest BCUT2D eigenvalue weighted by Gasteiger charge is 2.16. The zero-order valence-electron chi connectivity index (χ0n) is 7.95. The number of aliphatic hydroxyl groups excluding tert-OH is 1. The zero-order chi connectivity index (χ0) is 11.7. The number of aliphatic hydroxyl groups is 1. The summed E-state index contributed by atoms with van der Waals surface area (Å²) in [5, 5.41) is 11.9. The summed E-state index contributed by atoms with van der Waals surface area (Å²) in [7, 11) is 0. The van der Waals surface area contributed by atoms with Crippen LogP contribution in [0.1, 0.15) is 17.2 Å². The minimum absolute atomic E-state index is 0.295. The maximum atomic E-state index is 13.5. The molecule has 0 aliphatic rings. The Morgan fingerprint density at radius 2 is 2.12 bits per heavy atom. The number of halogens is 3. The Labute approximate surface area is 119 Å². The van der Waals surface area contributed by atoms with Crippen molar-refractivity contribution in [1.29, 1.82) is 0 Å². The minimum Gasteiger partial charge on any atom is -0.384 e.